The monoisotopic (exact) mass is 826 g/mol. The fraction of sp³-hybridized carbons (Fsp3) is 0.930. The van der Waals surface area contributed by atoms with Crippen molar-refractivity contribution < 1.29 is 74.1 Å². The molecule has 5 heterocycles. The van der Waals surface area contributed by atoms with Gasteiger partial charge in [0.25, 0.3) is 0 Å². The van der Waals surface area contributed by atoms with E-state index >= 15 is 0 Å². The predicted octanol–water partition coefficient (Wildman–Crippen LogP) is 2.03. The molecule has 15 heteroatoms. The zero-order valence-corrected chi connectivity index (χ0v) is 35.2. The fourth-order valence-corrected chi connectivity index (χ4v) is 13.3. The van der Waals surface area contributed by atoms with E-state index in [9.17, 15) is 45.6 Å². The molecule has 3 saturated carbocycles. The zero-order chi connectivity index (χ0) is 42.5. The van der Waals surface area contributed by atoms with Gasteiger partial charge in [0, 0.05) is 11.8 Å². The number of hydrogen-bond donors (Lipinski definition) is 8. The van der Waals surface area contributed by atoms with E-state index in [1.54, 1.807) is 13.8 Å². The summed E-state index contributed by atoms with van der Waals surface area (Å²) in [5.74, 6) is -1.75. The van der Waals surface area contributed by atoms with Gasteiger partial charge in [-0.25, -0.2) is 0 Å². The minimum atomic E-state index is -1.54. The average molecular weight is 827 g/mol. The Morgan fingerprint density at radius 2 is 1.48 bits per heavy atom. The molecule has 2 bridgehead atoms. The first kappa shape index (κ1) is 44.7. The molecule has 16 unspecified atom stereocenters. The lowest BCUT2D eigenvalue weighted by molar-refractivity contribution is -0.366. The van der Waals surface area contributed by atoms with Crippen LogP contribution in [0, 0.1) is 39.9 Å². The highest BCUT2D eigenvalue weighted by Crippen LogP contribution is 2.68. The van der Waals surface area contributed by atoms with Crippen LogP contribution in [0.1, 0.15) is 106 Å². The first-order chi connectivity index (χ1) is 27.2. The molecule has 0 aromatic carbocycles. The Labute approximate surface area is 342 Å². The summed E-state index contributed by atoms with van der Waals surface area (Å²) in [5.41, 5.74) is -2.70. The highest BCUT2D eigenvalue weighted by atomic mass is 16.8. The molecule has 0 amide bonds. The van der Waals surface area contributed by atoms with E-state index in [4.69, 9.17) is 28.4 Å². The van der Waals surface area contributed by atoms with Gasteiger partial charge >= 0.3 is 5.97 Å². The van der Waals surface area contributed by atoms with E-state index in [0.29, 0.717) is 25.7 Å². The van der Waals surface area contributed by atoms with Crippen LogP contribution in [0.15, 0.2) is 12.2 Å². The third-order valence-electron chi connectivity index (χ3n) is 16.9. The van der Waals surface area contributed by atoms with Crippen LogP contribution in [-0.4, -0.2) is 151 Å². The molecule has 332 valence electrons. The maximum Gasteiger partial charge on any atom is 0.309 e. The molecule has 22 atom stereocenters. The van der Waals surface area contributed by atoms with E-state index in [1.807, 2.05) is 20.8 Å². The number of carbonyl (C=O) groups is 1. The molecule has 8 fully saturated rings. The van der Waals surface area contributed by atoms with Crippen LogP contribution in [0.5, 0.6) is 0 Å². The van der Waals surface area contributed by atoms with Crippen molar-refractivity contribution >= 4 is 5.97 Å². The second kappa shape index (κ2) is 15.8. The van der Waals surface area contributed by atoms with E-state index in [2.05, 4.69) is 20.4 Å². The Morgan fingerprint density at radius 3 is 2.10 bits per heavy atom. The Kier molecular flexibility index (Phi) is 12.2. The van der Waals surface area contributed by atoms with Crippen LogP contribution >= 0.6 is 0 Å². The van der Waals surface area contributed by atoms with E-state index in [0.717, 1.165) is 37.7 Å². The van der Waals surface area contributed by atoms with Gasteiger partial charge in [-0.05, 0) is 93.5 Å². The summed E-state index contributed by atoms with van der Waals surface area (Å²) in [6.45, 7) is 17.1. The molecule has 0 spiro atoms. The minimum Gasteiger partial charge on any atom is -0.481 e. The summed E-state index contributed by atoms with van der Waals surface area (Å²) < 4.78 is 38.7. The second-order valence-corrected chi connectivity index (χ2v) is 20.1. The number of carboxylic acid groups (broad SMARTS) is 1. The quantitative estimate of drug-likeness (QED) is 0.155. The van der Waals surface area contributed by atoms with Crippen molar-refractivity contribution in [1.29, 1.82) is 0 Å². The molecule has 0 radical (unpaired) electrons. The maximum absolute atomic E-state index is 12.7. The molecule has 0 aromatic rings. The number of aliphatic hydroxyl groups excluding tert-OH is 7. The Bertz CT molecular complexity index is 1530. The molecule has 3 aliphatic carbocycles. The van der Waals surface area contributed by atoms with Gasteiger partial charge in [-0.1, -0.05) is 47.6 Å². The van der Waals surface area contributed by atoms with E-state index in [-0.39, 0.29) is 22.7 Å². The van der Waals surface area contributed by atoms with Crippen molar-refractivity contribution in [3.63, 3.8) is 0 Å². The van der Waals surface area contributed by atoms with Crippen molar-refractivity contribution in [3.8, 4) is 0 Å². The van der Waals surface area contributed by atoms with Gasteiger partial charge in [-0.2, -0.15) is 0 Å². The standard InChI is InChI=1S/C43H70O15/c1-9-23-29(47)31(49)34(56-36-32(50)33-22(4)43(57-33,27(19-45)55-36)35-21(3)28(46)30(48)24(18-44)53-35)37(54-23)58-42(8)16-12-25-39(5,17-20(42)2)15-11-26-40(25,6)13-10-14-41(26,7)38(51)52/h21-37,44-50H,2,9-19H2,1,3-8H3,(H,51,52)/t21?,22?,23?,24?,25-,26+,27?,28?,29?,30?,31?,32?,33?,34?,35?,36?,37?,39-,40+,41-,42-,43?/m1/s1. The highest BCUT2D eigenvalue weighted by Gasteiger charge is 2.71. The van der Waals surface area contributed by atoms with Gasteiger partial charge in [0.1, 0.15) is 48.3 Å². The van der Waals surface area contributed by atoms with Gasteiger partial charge < -0.3 is 69.3 Å². The lowest BCUT2D eigenvalue weighted by Gasteiger charge is -2.62. The third kappa shape index (κ3) is 6.67. The Morgan fingerprint density at radius 1 is 0.810 bits per heavy atom. The number of carboxylic acids is 1. The van der Waals surface area contributed by atoms with Crippen molar-refractivity contribution in [2.45, 2.75) is 197 Å². The molecule has 5 aliphatic heterocycles. The van der Waals surface area contributed by atoms with Crippen LogP contribution < -0.4 is 0 Å². The first-order valence-electron chi connectivity index (χ1n) is 21.7. The van der Waals surface area contributed by atoms with Crippen LogP contribution in [-0.2, 0) is 33.2 Å². The smallest absolute Gasteiger partial charge is 0.309 e. The van der Waals surface area contributed by atoms with Crippen LogP contribution in [0.25, 0.3) is 0 Å². The normalized spacial score (nSPS) is 56.0. The van der Waals surface area contributed by atoms with Gasteiger partial charge in [0.05, 0.1) is 48.6 Å². The number of aliphatic hydroxyl groups is 7. The van der Waals surface area contributed by atoms with Crippen LogP contribution in [0.2, 0.25) is 0 Å². The zero-order valence-electron chi connectivity index (χ0n) is 35.2. The summed E-state index contributed by atoms with van der Waals surface area (Å²) in [4.78, 5) is 12.7. The summed E-state index contributed by atoms with van der Waals surface area (Å²) in [7, 11) is 0. The molecule has 5 saturated heterocycles. The predicted molar refractivity (Wildman–Crippen MR) is 206 cm³/mol. The molecule has 58 heavy (non-hydrogen) atoms. The highest BCUT2D eigenvalue weighted by molar-refractivity contribution is 5.75. The SMILES string of the molecule is C=C1C[C@@]2(C)CC[C@H]3[C@@](C)(CCC[C@@]3(C)C(=O)O)[C@@H]2CC[C@@]1(C)OC1OC(CC)C(O)C(O)C1OC1OC(CO)C2(C3OC(CO)C(O)C(O)C3C)OC(C1O)C2C. The first-order valence-corrected chi connectivity index (χ1v) is 21.7. The molecule has 8 N–H and O–H groups in total. The Hall–Kier alpha value is -1.31. The third-order valence-corrected chi connectivity index (χ3v) is 16.9. The van der Waals surface area contributed by atoms with E-state index < -0.39 is 127 Å². The van der Waals surface area contributed by atoms with E-state index in [1.165, 1.54) is 0 Å². The number of aliphatic carboxylic acids is 1. The molecule has 0 aromatic heterocycles. The molecule has 8 rings (SSSR count). The lowest BCUT2D eigenvalue weighted by atomic mass is 9.42. The number of hydrogen-bond acceptors (Lipinski definition) is 14. The Balaban J connectivity index is 1.15. The summed E-state index contributed by atoms with van der Waals surface area (Å²) in [6.07, 6.45) is -9.76. The van der Waals surface area contributed by atoms with Gasteiger partial charge in [0.2, 0.25) is 0 Å². The largest absolute Gasteiger partial charge is 0.481 e. The van der Waals surface area contributed by atoms with Crippen molar-refractivity contribution in [1.82, 2.24) is 0 Å². The number of ether oxygens (including phenoxy) is 6. The number of fused-ring (bicyclic) bond motifs is 6. The molecular weight excluding hydrogens is 756 g/mol. The second-order valence-electron chi connectivity index (χ2n) is 20.1. The fourth-order valence-electron chi connectivity index (χ4n) is 13.3. The van der Waals surface area contributed by atoms with Gasteiger partial charge in [-0.15, -0.1) is 0 Å². The molecule has 8 aliphatic rings. The maximum atomic E-state index is 12.7. The average Bonchev–Trinajstić information content (AvgIpc) is 3.41. The van der Waals surface area contributed by atoms with Crippen molar-refractivity contribution in [2.75, 3.05) is 13.2 Å². The topological polar surface area (TPSA) is 234 Å². The molecular formula is C43H70O15. The summed E-state index contributed by atoms with van der Waals surface area (Å²) in [6, 6.07) is 0. The number of rotatable bonds is 9. The van der Waals surface area contributed by atoms with Crippen LogP contribution in [0.4, 0.5) is 0 Å². The van der Waals surface area contributed by atoms with Crippen molar-refractivity contribution in [2.24, 2.45) is 39.9 Å². The van der Waals surface area contributed by atoms with Crippen molar-refractivity contribution in [3.05, 3.63) is 12.2 Å². The van der Waals surface area contributed by atoms with Gasteiger partial charge in [-0.3, -0.25) is 4.79 Å². The summed E-state index contributed by atoms with van der Waals surface area (Å²) in [5, 5.41) is 87.4. The lowest BCUT2D eigenvalue weighted by Crippen LogP contribution is -2.76. The van der Waals surface area contributed by atoms with Gasteiger partial charge in [0.15, 0.2) is 12.6 Å². The minimum absolute atomic E-state index is 0.0376. The van der Waals surface area contributed by atoms with Crippen LogP contribution in [0.3, 0.4) is 0 Å². The summed E-state index contributed by atoms with van der Waals surface area (Å²) >= 11 is 0. The molecule has 15 nitrogen and oxygen atoms in total.